The van der Waals surface area contributed by atoms with Gasteiger partial charge in [0, 0.05) is 17.8 Å². The van der Waals surface area contributed by atoms with Gasteiger partial charge in [-0.15, -0.1) is 0 Å². The molecule has 108 valence electrons. The van der Waals surface area contributed by atoms with E-state index in [0.717, 1.165) is 19.3 Å². The average molecular weight is 258 g/mol. The van der Waals surface area contributed by atoms with Crippen LogP contribution in [0.4, 0.5) is 0 Å². The Labute approximate surface area is 112 Å². The predicted molar refractivity (Wildman–Crippen MR) is 73.0 cm³/mol. The molecule has 3 nitrogen and oxygen atoms in total. The van der Waals surface area contributed by atoms with Crippen molar-refractivity contribution in [1.29, 1.82) is 0 Å². The first-order chi connectivity index (χ1) is 8.53. The summed E-state index contributed by atoms with van der Waals surface area (Å²) >= 11 is 0. The van der Waals surface area contributed by atoms with Gasteiger partial charge in [0.05, 0.1) is 0 Å². The van der Waals surface area contributed by atoms with E-state index in [2.05, 4.69) is 41.5 Å². The Morgan fingerprint density at radius 2 is 0.833 bits per heavy atom. The fraction of sp³-hybridized carbons (Fsp3) is 1.00. The van der Waals surface area contributed by atoms with Crippen molar-refractivity contribution in [3.05, 3.63) is 0 Å². The summed E-state index contributed by atoms with van der Waals surface area (Å²) in [6.45, 7) is 13.0. The predicted octanol–water partition coefficient (Wildman–Crippen LogP) is 4.17. The average Bonchev–Trinajstić information content (AvgIpc) is 2.43. The van der Waals surface area contributed by atoms with Gasteiger partial charge in [0.2, 0.25) is 0 Å². The monoisotopic (exact) mass is 258 g/mol. The van der Waals surface area contributed by atoms with Crippen molar-refractivity contribution in [2.75, 3.05) is 0 Å². The third-order valence-electron chi connectivity index (χ3n) is 4.13. The molecule has 0 spiro atoms. The molecule has 0 aromatic heterocycles. The lowest BCUT2D eigenvalue weighted by Gasteiger charge is -2.42. The van der Waals surface area contributed by atoms with Crippen LogP contribution in [-0.4, -0.2) is 18.9 Å². The van der Waals surface area contributed by atoms with Crippen LogP contribution in [0.3, 0.4) is 0 Å². The van der Waals surface area contributed by atoms with Crippen molar-refractivity contribution in [3.8, 4) is 0 Å². The lowest BCUT2D eigenvalue weighted by molar-refractivity contribution is -0.411. The maximum atomic E-state index is 5.97. The zero-order valence-corrected chi connectivity index (χ0v) is 12.8. The second kappa shape index (κ2) is 7.46. The largest absolute Gasteiger partial charge is 0.323 e. The zero-order chi connectivity index (χ0) is 13.7. The topological polar surface area (TPSA) is 27.7 Å². The Kier molecular flexibility index (Phi) is 6.61. The Morgan fingerprint density at radius 1 is 0.611 bits per heavy atom. The van der Waals surface area contributed by atoms with Crippen LogP contribution in [0.5, 0.6) is 0 Å². The van der Waals surface area contributed by atoms with Gasteiger partial charge < -0.3 is 14.2 Å². The Balaban J connectivity index is 2.71. The smallest absolute Gasteiger partial charge is 0.166 e. The summed E-state index contributed by atoms with van der Waals surface area (Å²) in [4.78, 5) is 0. The minimum Gasteiger partial charge on any atom is -0.323 e. The van der Waals surface area contributed by atoms with E-state index in [1.54, 1.807) is 0 Å². The first kappa shape index (κ1) is 15.9. The number of rotatable bonds is 6. The minimum atomic E-state index is -0.123. The highest BCUT2D eigenvalue weighted by Gasteiger charge is 2.37. The van der Waals surface area contributed by atoms with Crippen molar-refractivity contribution in [2.45, 2.75) is 79.7 Å². The van der Waals surface area contributed by atoms with Crippen molar-refractivity contribution in [3.63, 3.8) is 0 Å². The molecule has 1 fully saturated rings. The summed E-state index contributed by atoms with van der Waals surface area (Å²) in [5, 5.41) is 0. The molecule has 0 radical (unpaired) electrons. The molecule has 1 aliphatic rings. The van der Waals surface area contributed by atoms with Gasteiger partial charge in [0.15, 0.2) is 18.9 Å². The molecule has 0 aromatic rings. The van der Waals surface area contributed by atoms with Crippen LogP contribution in [0.2, 0.25) is 0 Å². The summed E-state index contributed by atoms with van der Waals surface area (Å²) in [7, 11) is 0. The van der Waals surface area contributed by atoms with Gasteiger partial charge in [-0.25, -0.2) is 0 Å². The van der Waals surface area contributed by atoms with Gasteiger partial charge in [-0.05, 0) is 19.3 Å². The van der Waals surface area contributed by atoms with E-state index in [1.807, 2.05) is 0 Å². The summed E-state index contributed by atoms with van der Waals surface area (Å²) < 4.78 is 17.9. The van der Waals surface area contributed by atoms with Gasteiger partial charge in [-0.1, -0.05) is 41.5 Å². The number of ether oxygens (including phenoxy) is 3. The minimum absolute atomic E-state index is 0.123. The highest BCUT2D eigenvalue weighted by atomic mass is 16.9. The lowest BCUT2D eigenvalue weighted by atomic mass is 10.0. The second-order valence-electron chi connectivity index (χ2n) is 5.67. The standard InChI is InChI=1S/C15H30O3/c1-7-10(4)13-16-14(11(5)8-2)18-15(17-13)12(6)9-3/h10-15H,7-9H2,1-6H3. The van der Waals surface area contributed by atoms with Crippen LogP contribution in [0.25, 0.3) is 0 Å². The molecule has 0 bridgehead atoms. The lowest BCUT2D eigenvalue weighted by Crippen LogP contribution is -2.47. The van der Waals surface area contributed by atoms with E-state index in [0.29, 0.717) is 17.8 Å². The molecule has 1 heterocycles. The van der Waals surface area contributed by atoms with E-state index < -0.39 is 0 Å². The first-order valence-corrected chi connectivity index (χ1v) is 7.49. The SMILES string of the molecule is CCC(C)C1OC(C(C)CC)OC(C(C)CC)O1. The summed E-state index contributed by atoms with van der Waals surface area (Å²) in [5.41, 5.74) is 0. The van der Waals surface area contributed by atoms with Crippen LogP contribution >= 0.6 is 0 Å². The molecule has 1 rings (SSSR count). The van der Waals surface area contributed by atoms with E-state index >= 15 is 0 Å². The number of hydrogen-bond acceptors (Lipinski definition) is 3. The molecule has 0 N–H and O–H groups in total. The Hall–Kier alpha value is -0.120. The van der Waals surface area contributed by atoms with Crippen LogP contribution in [-0.2, 0) is 14.2 Å². The van der Waals surface area contributed by atoms with Crippen molar-refractivity contribution < 1.29 is 14.2 Å². The zero-order valence-electron chi connectivity index (χ0n) is 12.8. The third kappa shape index (κ3) is 3.94. The maximum Gasteiger partial charge on any atom is 0.166 e. The Morgan fingerprint density at radius 3 is 1.00 bits per heavy atom. The van der Waals surface area contributed by atoms with Crippen molar-refractivity contribution >= 4 is 0 Å². The van der Waals surface area contributed by atoms with E-state index in [9.17, 15) is 0 Å². The van der Waals surface area contributed by atoms with Gasteiger partial charge in [-0.2, -0.15) is 0 Å². The Bertz CT molecular complexity index is 188. The molecule has 3 unspecified atom stereocenters. The van der Waals surface area contributed by atoms with Gasteiger partial charge in [0.25, 0.3) is 0 Å². The molecule has 0 aromatic carbocycles. The van der Waals surface area contributed by atoms with Crippen LogP contribution in [0.1, 0.15) is 60.8 Å². The van der Waals surface area contributed by atoms with Crippen LogP contribution < -0.4 is 0 Å². The van der Waals surface area contributed by atoms with Crippen LogP contribution in [0, 0.1) is 17.8 Å². The van der Waals surface area contributed by atoms with Gasteiger partial charge >= 0.3 is 0 Å². The fourth-order valence-corrected chi connectivity index (χ4v) is 1.87. The van der Waals surface area contributed by atoms with Crippen LogP contribution in [0.15, 0.2) is 0 Å². The van der Waals surface area contributed by atoms with Gasteiger partial charge in [-0.3, -0.25) is 0 Å². The molecular weight excluding hydrogens is 228 g/mol. The highest BCUT2D eigenvalue weighted by molar-refractivity contribution is 4.69. The molecular formula is C15H30O3. The molecule has 0 saturated carbocycles. The fourth-order valence-electron chi connectivity index (χ4n) is 1.87. The second-order valence-corrected chi connectivity index (χ2v) is 5.67. The molecule has 1 saturated heterocycles. The van der Waals surface area contributed by atoms with Gasteiger partial charge in [0.1, 0.15) is 0 Å². The highest BCUT2D eigenvalue weighted by Crippen LogP contribution is 2.31. The first-order valence-electron chi connectivity index (χ1n) is 7.49. The summed E-state index contributed by atoms with van der Waals surface area (Å²) in [6.07, 6.45) is 2.81. The summed E-state index contributed by atoms with van der Waals surface area (Å²) in [5.74, 6) is 1.23. The molecule has 3 heteroatoms. The maximum absolute atomic E-state index is 5.97. The van der Waals surface area contributed by atoms with Crippen molar-refractivity contribution in [2.24, 2.45) is 17.8 Å². The quantitative estimate of drug-likeness (QED) is 0.715. The number of hydrogen-bond donors (Lipinski definition) is 0. The molecule has 18 heavy (non-hydrogen) atoms. The molecule has 3 atom stereocenters. The van der Waals surface area contributed by atoms with Crippen molar-refractivity contribution in [1.82, 2.24) is 0 Å². The normalized spacial score (nSPS) is 34.0. The van der Waals surface area contributed by atoms with E-state index in [4.69, 9.17) is 14.2 Å². The molecule has 1 aliphatic heterocycles. The molecule has 0 amide bonds. The van der Waals surface area contributed by atoms with E-state index in [-0.39, 0.29) is 18.9 Å². The molecule has 0 aliphatic carbocycles. The third-order valence-corrected chi connectivity index (χ3v) is 4.13. The summed E-state index contributed by atoms with van der Waals surface area (Å²) in [6, 6.07) is 0. The van der Waals surface area contributed by atoms with E-state index in [1.165, 1.54) is 0 Å².